The van der Waals surface area contributed by atoms with Crippen LogP contribution in [0.5, 0.6) is 0 Å². The van der Waals surface area contributed by atoms with Gasteiger partial charge in [-0.3, -0.25) is 0 Å². The second-order valence-electron chi connectivity index (χ2n) is 10.3. The van der Waals surface area contributed by atoms with Crippen molar-refractivity contribution in [3.63, 3.8) is 0 Å². The molecule has 8 atom stereocenters. The van der Waals surface area contributed by atoms with Crippen molar-refractivity contribution in [2.75, 3.05) is 6.61 Å². The van der Waals surface area contributed by atoms with Crippen molar-refractivity contribution in [2.24, 2.45) is 34.5 Å². The molecule has 0 spiro atoms. The van der Waals surface area contributed by atoms with E-state index in [2.05, 4.69) is 19.9 Å². The first-order chi connectivity index (χ1) is 12.8. The zero-order valence-electron chi connectivity index (χ0n) is 16.5. The van der Waals surface area contributed by atoms with E-state index in [9.17, 15) is 15.0 Å². The average molecular weight is 373 g/mol. The van der Waals surface area contributed by atoms with E-state index in [4.69, 9.17) is 4.74 Å². The van der Waals surface area contributed by atoms with E-state index in [0.717, 1.165) is 50.5 Å². The molecule has 0 aromatic carbocycles. The molecule has 0 bridgehead atoms. The van der Waals surface area contributed by atoms with Gasteiger partial charge >= 0.3 is 5.97 Å². The lowest BCUT2D eigenvalue weighted by atomic mass is 9.45. The monoisotopic (exact) mass is 372 g/mol. The van der Waals surface area contributed by atoms with Crippen LogP contribution in [-0.4, -0.2) is 35.0 Å². The highest BCUT2D eigenvalue weighted by atomic mass is 16.5. The predicted molar refractivity (Wildman–Crippen MR) is 102 cm³/mol. The highest BCUT2D eigenvalue weighted by molar-refractivity contribution is 5.85. The fraction of sp³-hybridized carbons (Fsp3) is 0.783. The molecule has 0 aromatic rings. The molecule has 0 aromatic heterocycles. The Balaban J connectivity index is 1.48. The van der Waals surface area contributed by atoms with E-state index in [1.807, 2.05) is 0 Å². The Morgan fingerprint density at radius 3 is 2.74 bits per heavy atom. The zero-order chi connectivity index (χ0) is 19.0. The minimum atomic E-state index is -0.306. The van der Waals surface area contributed by atoms with E-state index in [1.54, 1.807) is 6.08 Å². The highest BCUT2D eigenvalue weighted by Crippen LogP contribution is 2.66. The van der Waals surface area contributed by atoms with E-state index >= 15 is 0 Å². The first kappa shape index (κ1) is 17.9. The van der Waals surface area contributed by atoms with Crippen molar-refractivity contribution in [3.8, 4) is 0 Å². The third-order valence-corrected chi connectivity index (χ3v) is 9.11. The summed E-state index contributed by atoms with van der Waals surface area (Å²) >= 11 is 0. The van der Waals surface area contributed by atoms with Crippen LogP contribution in [0.2, 0.25) is 0 Å². The van der Waals surface area contributed by atoms with Gasteiger partial charge in [-0.05, 0) is 85.0 Å². The molecular formula is C23H32O4. The van der Waals surface area contributed by atoms with Crippen LogP contribution in [0.25, 0.3) is 0 Å². The molecule has 2 N–H and O–H groups in total. The number of esters is 1. The smallest absolute Gasteiger partial charge is 0.331 e. The van der Waals surface area contributed by atoms with Crippen molar-refractivity contribution < 1.29 is 19.7 Å². The summed E-state index contributed by atoms with van der Waals surface area (Å²) in [5, 5.41) is 21.6. The van der Waals surface area contributed by atoms with Gasteiger partial charge in [0.2, 0.25) is 0 Å². The van der Waals surface area contributed by atoms with Crippen LogP contribution in [0.3, 0.4) is 0 Å². The summed E-state index contributed by atoms with van der Waals surface area (Å²) < 4.78 is 5.19. The number of hydrogen-bond acceptors (Lipinski definition) is 4. The summed E-state index contributed by atoms with van der Waals surface area (Å²) in [6.45, 7) is 5.10. The Bertz CT molecular complexity index is 724. The quantitative estimate of drug-likeness (QED) is 0.547. The minimum absolute atomic E-state index is 0.0578. The molecule has 4 aliphatic carbocycles. The summed E-state index contributed by atoms with van der Waals surface area (Å²) in [7, 11) is 0. The van der Waals surface area contributed by atoms with Crippen LogP contribution in [0.15, 0.2) is 23.3 Å². The number of carbonyl (C=O) groups excluding carboxylic acids is 1. The van der Waals surface area contributed by atoms with Gasteiger partial charge in [-0.2, -0.15) is 0 Å². The fourth-order valence-electron chi connectivity index (χ4n) is 7.85. The molecule has 7 unspecified atom stereocenters. The molecule has 5 rings (SSSR count). The first-order valence-corrected chi connectivity index (χ1v) is 10.8. The average Bonchev–Trinajstić information content (AvgIpc) is 3.17. The van der Waals surface area contributed by atoms with E-state index < -0.39 is 0 Å². The third kappa shape index (κ3) is 2.45. The minimum Gasteiger partial charge on any atom is -0.458 e. The Labute approximate surface area is 161 Å². The first-order valence-electron chi connectivity index (χ1n) is 10.8. The largest absolute Gasteiger partial charge is 0.458 e. The van der Waals surface area contributed by atoms with Crippen LogP contribution in [0.4, 0.5) is 0 Å². The van der Waals surface area contributed by atoms with Gasteiger partial charge in [0.15, 0.2) is 0 Å². The molecule has 0 saturated heterocycles. The number of fused-ring (bicyclic) bond motifs is 5. The molecule has 1 aliphatic heterocycles. The number of carbonyl (C=O) groups is 1. The number of aliphatic hydroxyl groups is 2. The molecule has 4 heteroatoms. The SMILES string of the molecule is CC12C[C@@H](O)C3C(CCC4CC(O)CCC43C)C1=CCC2C1=CC(=O)OC1. The van der Waals surface area contributed by atoms with Crippen LogP contribution in [-0.2, 0) is 9.53 Å². The number of allylic oxidation sites excluding steroid dienone is 2. The number of hydrogen-bond donors (Lipinski definition) is 2. The molecule has 0 amide bonds. The summed E-state index contributed by atoms with van der Waals surface area (Å²) in [6, 6.07) is 0. The number of ether oxygens (including phenoxy) is 1. The second-order valence-corrected chi connectivity index (χ2v) is 10.3. The Morgan fingerprint density at radius 1 is 1.19 bits per heavy atom. The lowest BCUT2D eigenvalue weighted by molar-refractivity contribution is -0.136. The van der Waals surface area contributed by atoms with E-state index in [-0.39, 0.29) is 34.9 Å². The number of rotatable bonds is 1. The summed E-state index contributed by atoms with van der Waals surface area (Å²) in [5.41, 5.74) is 2.72. The Kier molecular flexibility index (Phi) is 3.94. The molecule has 5 aliphatic rings. The van der Waals surface area contributed by atoms with E-state index in [1.165, 1.54) is 5.57 Å². The maximum absolute atomic E-state index is 11.6. The van der Waals surface area contributed by atoms with Gasteiger partial charge in [-0.15, -0.1) is 0 Å². The molecule has 3 fully saturated rings. The van der Waals surface area contributed by atoms with Crippen molar-refractivity contribution in [1.29, 1.82) is 0 Å². The van der Waals surface area contributed by atoms with Crippen LogP contribution >= 0.6 is 0 Å². The molecule has 4 nitrogen and oxygen atoms in total. The van der Waals surface area contributed by atoms with Gasteiger partial charge in [0, 0.05) is 6.08 Å². The summed E-state index contributed by atoms with van der Waals surface area (Å²) in [5.74, 6) is 1.34. The molecule has 1 heterocycles. The standard InChI is InChI=1S/C23H32O4/c1-22-8-7-15(24)10-14(22)3-4-16-18-6-5-17(13-9-20(26)27-12-13)23(18,2)11-19(25)21(16)22/h6,9,14-17,19,21,24-25H,3-5,7-8,10-12H2,1-2H3/t14?,15?,16?,17?,19-,21?,22?,23?/m1/s1. The van der Waals surface area contributed by atoms with Gasteiger partial charge in [-0.1, -0.05) is 25.5 Å². The lowest BCUT2D eigenvalue weighted by Crippen LogP contribution is -2.57. The summed E-state index contributed by atoms with van der Waals surface area (Å²) in [6.07, 6.45) is 10.5. The second kappa shape index (κ2) is 5.93. The van der Waals surface area contributed by atoms with Gasteiger partial charge in [0.1, 0.15) is 6.61 Å². The molecule has 3 saturated carbocycles. The van der Waals surface area contributed by atoms with E-state index in [0.29, 0.717) is 24.4 Å². The van der Waals surface area contributed by atoms with Crippen molar-refractivity contribution in [3.05, 3.63) is 23.3 Å². The van der Waals surface area contributed by atoms with Crippen LogP contribution in [0, 0.1) is 34.5 Å². The highest BCUT2D eigenvalue weighted by Gasteiger charge is 2.61. The third-order valence-electron chi connectivity index (χ3n) is 9.11. The number of cyclic esters (lactones) is 1. The maximum Gasteiger partial charge on any atom is 0.331 e. The van der Waals surface area contributed by atoms with Gasteiger partial charge in [0.25, 0.3) is 0 Å². The normalized spacial score (nSPS) is 51.6. The Hall–Kier alpha value is -1.13. The number of aliphatic hydroxyl groups excluding tert-OH is 2. The van der Waals surface area contributed by atoms with Gasteiger partial charge in [0.05, 0.1) is 12.2 Å². The van der Waals surface area contributed by atoms with Crippen molar-refractivity contribution in [2.45, 2.75) is 71.0 Å². The van der Waals surface area contributed by atoms with Crippen molar-refractivity contribution in [1.82, 2.24) is 0 Å². The summed E-state index contributed by atoms with van der Waals surface area (Å²) in [4.78, 5) is 11.6. The zero-order valence-corrected chi connectivity index (χ0v) is 16.5. The topological polar surface area (TPSA) is 66.8 Å². The van der Waals surface area contributed by atoms with Gasteiger partial charge < -0.3 is 14.9 Å². The molecular weight excluding hydrogens is 340 g/mol. The van der Waals surface area contributed by atoms with Crippen LogP contribution in [0.1, 0.15) is 58.8 Å². The van der Waals surface area contributed by atoms with Crippen LogP contribution < -0.4 is 0 Å². The van der Waals surface area contributed by atoms with Gasteiger partial charge in [-0.25, -0.2) is 4.79 Å². The molecule has 0 radical (unpaired) electrons. The fourth-order valence-corrected chi connectivity index (χ4v) is 7.85. The van der Waals surface area contributed by atoms with Crippen molar-refractivity contribution >= 4 is 5.97 Å². The Morgan fingerprint density at radius 2 is 2.00 bits per heavy atom. The predicted octanol–water partition coefficient (Wildman–Crippen LogP) is 3.38. The molecule has 27 heavy (non-hydrogen) atoms. The molecule has 148 valence electrons. The lowest BCUT2D eigenvalue weighted by Gasteiger charge is -2.61. The maximum atomic E-state index is 11.6.